The Morgan fingerprint density at radius 2 is 1.52 bits per heavy atom. The summed E-state index contributed by atoms with van der Waals surface area (Å²) in [4.78, 5) is 24.4. The van der Waals surface area contributed by atoms with Crippen molar-refractivity contribution in [2.75, 3.05) is 0 Å². The van der Waals surface area contributed by atoms with E-state index in [1.54, 1.807) is 12.1 Å². The van der Waals surface area contributed by atoms with E-state index in [1.807, 2.05) is 66.7 Å². The number of hydrogen-bond donors (Lipinski definition) is 2. The van der Waals surface area contributed by atoms with Gasteiger partial charge in [0, 0.05) is 22.1 Å². The molecule has 2 unspecified atom stereocenters. The SMILES string of the molecule is CC(N)(C(=O)c1ccc(CC(C(=O)c2ccc(-c3cc4ccccc4o3)cc2)c2ccc(C3=CCCCC3)cc2)cc1)S(=O)(=O)O. The van der Waals surface area contributed by atoms with Gasteiger partial charge in [0.2, 0.25) is 4.87 Å². The summed E-state index contributed by atoms with van der Waals surface area (Å²) in [5.41, 5.74) is 12.1. The monoisotopic (exact) mass is 633 g/mol. The van der Waals surface area contributed by atoms with Crippen molar-refractivity contribution in [3.63, 3.8) is 0 Å². The highest BCUT2D eigenvalue weighted by Gasteiger charge is 2.42. The summed E-state index contributed by atoms with van der Waals surface area (Å²) in [5, 5.41) is 1.01. The van der Waals surface area contributed by atoms with Crippen molar-refractivity contribution in [2.24, 2.45) is 5.73 Å². The molecule has 7 nitrogen and oxygen atoms in total. The minimum atomic E-state index is -4.82. The molecule has 46 heavy (non-hydrogen) atoms. The number of rotatable bonds is 10. The number of carbonyl (C=O) groups is 2. The van der Waals surface area contributed by atoms with Gasteiger partial charge in [0.1, 0.15) is 11.3 Å². The Hall–Kier alpha value is -4.63. The molecular formula is C38H35NO6S. The lowest BCUT2D eigenvalue weighted by Gasteiger charge is -2.20. The highest BCUT2D eigenvalue weighted by atomic mass is 32.2. The fraction of sp³-hybridized carbons (Fsp3) is 0.211. The molecule has 1 heterocycles. The van der Waals surface area contributed by atoms with Crippen molar-refractivity contribution >= 4 is 38.2 Å². The summed E-state index contributed by atoms with van der Waals surface area (Å²) in [6, 6.07) is 31.7. The van der Waals surface area contributed by atoms with E-state index in [4.69, 9.17) is 10.2 Å². The van der Waals surface area contributed by atoms with Gasteiger partial charge >= 0.3 is 0 Å². The summed E-state index contributed by atoms with van der Waals surface area (Å²) in [5.74, 6) is -0.777. The zero-order valence-corrected chi connectivity index (χ0v) is 26.3. The zero-order chi connectivity index (χ0) is 32.5. The average Bonchev–Trinajstić information content (AvgIpc) is 3.51. The number of para-hydroxylation sites is 1. The minimum absolute atomic E-state index is 0.0422. The molecule has 2 atom stereocenters. The lowest BCUT2D eigenvalue weighted by atomic mass is 9.84. The molecule has 0 spiro atoms. The topological polar surface area (TPSA) is 128 Å². The minimum Gasteiger partial charge on any atom is -0.456 e. The van der Waals surface area contributed by atoms with Crippen LogP contribution in [-0.4, -0.2) is 29.4 Å². The number of furan rings is 1. The van der Waals surface area contributed by atoms with Crippen molar-refractivity contribution < 1.29 is 27.0 Å². The first-order chi connectivity index (χ1) is 22.0. The standard InChI is InChI=1S/C38H35NO6S/c1-38(39,46(42,43)44)37(41)31-13-11-25(12-14-31)23-33(28-17-15-27(16-18-28)26-7-3-2-4-8-26)36(40)30-21-19-29(20-22-30)35-24-32-9-5-6-10-34(32)45-35/h5-7,9-22,24,33H,2-4,8,23,39H2,1H3,(H,42,43,44). The number of allylic oxidation sites excluding steroid dienone is 2. The fourth-order valence-electron chi connectivity index (χ4n) is 5.95. The first kappa shape index (κ1) is 31.4. The molecule has 0 aliphatic heterocycles. The molecule has 1 aliphatic rings. The number of carbonyl (C=O) groups excluding carboxylic acids is 2. The van der Waals surface area contributed by atoms with E-state index < -0.39 is 26.7 Å². The van der Waals surface area contributed by atoms with Crippen LogP contribution in [0.15, 0.2) is 114 Å². The van der Waals surface area contributed by atoms with Gasteiger partial charge in [-0.25, -0.2) is 0 Å². The molecule has 3 N–H and O–H groups in total. The molecule has 8 heteroatoms. The van der Waals surface area contributed by atoms with E-state index in [9.17, 15) is 22.6 Å². The van der Waals surface area contributed by atoms with Crippen LogP contribution in [0.5, 0.6) is 0 Å². The molecule has 0 fully saturated rings. The second-order valence-electron chi connectivity index (χ2n) is 12.1. The molecule has 0 radical (unpaired) electrons. The van der Waals surface area contributed by atoms with Gasteiger partial charge in [-0.3, -0.25) is 14.1 Å². The predicted octanol–water partition coefficient (Wildman–Crippen LogP) is 8.01. The molecule has 0 saturated heterocycles. The molecule has 0 bridgehead atoms. The molecule has 0 saturated carbocycles. The van der Waals surface area contributed by atoms with Gasteiger partial charge < -0.3 is 10.2 Å². The number of ketones is 2. The fourth-order valence-corrected chi connectivity index (χ4v) is 6.30. The Labute approximate surface area is 268 Å². The van der Waals surface area contributed by atoms with Crippen molar-refractivity contribution in [3.8, 4) is 11.3 Å². The van der Waals surface area contributed by atoms with Crippen LogP contribution in [-0.2, 0) is 16.5 Å². The summed E-state index contributed by atoms with van der Waals surface area (Å²) < 4.78 is 38.8. The highest BCUT2D eigenvalue weighted by Crippen LogP contribution is 2.32. The predicted molar refractivity (Wildman–Crippen MR) is 180 cm³/mol. The molecule has 1 aromatic heterocycles. The smallest absolute Gasteiger partial charge is 0.291 e. The summed E-state index contributed by atoms with van der Waals surface area (Å²) in [6.45, 7) is 0.958. The summed E-state index contributed by atoms with van der Waals surface area (Å²) in [6.07, 6.45) is 7.14. The summed E-state index contributed by atoms with van der Waals surface area (Å²) in [7, 11) is -4.82. The van der Waals surface area contributed by atoms with E-state index in [-0.39, 0.29) is 11.3 Å². The van der Waals surface area contributed by atoms with Crippen molar-refractivity contribution in [2.45, 2.75) is 49.8 Å². The largest absolute Gasteiger partial charge is 0.456 e. The molecule has 5 aromatic rings. The van der Waals surface area contributed by atoms with Crippen LogP contribution < -0.4 is 5.73 Å². The molecule has 234 valence electrons. The number of nitrogens with two attached hydrogens (primary N) is 1. The first-order valence-electron chi connectivity index (χ1n) is 15.3. The van der Waals surface area contributed by atoms with Crippen LogP contribution >= 0.6 is 0 Å². The van der Waals surface area contributed by atoms with E-state index in [0.717, 1.165) is 58.7 Å². The zero-order valence-electron chi connectivity index (χ0n) is 25.5. The molecule has 4 aromatic carbocycles. The van der Waals surface area contributed by atoms with E-state index in [1.165, 1.54) is 30.5 Å². The number of Topliss-reactive ketones (excluding diaryl/α,β-unsaturated/α-hetero) is 2. The van der Waals surface area contributed by atoms with Gasteiger partial charge in [0.05, 0.1) is 5.92 Å². The van der Waals surface area contributed by atoms with Gasteiger partial charge in [-0.2, -0.15) is 8.42 Å². The van der Waals surface area contributed by atoms with Crippen molar-refractivity contribution in [1.29, 1.82) is 0 Å². The Morgan fingerprint density at radius 3 is 2.15 bits per heavy atom. The van der Waals surface area contributed by atoms with Crippen LogP contribution in [0.1, 0.15) is 75.9 Å². The maximum absolute atomic E-state index is 14.1. The number of hydrogen-bond acceptors (Lipinski definition) is 6. The van der Waals surface area contributed by atoms with E-state index >= 15 is 0 Å². The Kier molecular flexibility index (Phi) is 8.61. The lowest BCUT2D eigenvalue weighted by Crippen LogP contribution is -2.51. The van der Waals surface area contributed by atoms with Crippen molar-refractivity contribution in [3.05, 3.63) is 137 Å². The second-order valence-corrected chi connectivity index (χ2v) is 13.9. The van der Waals surface area contributed by atoms with E-state index in [2.05, 4.69) is 18.2 Å². The average molecular weight is 634 g/mol. The normalized spacial score (nSPS) is 15.6. The number of benzene rings is 4. The lowest BCUT2D eigenvalue weighted by molar-refractivity contribution is 0.0939. The quantitative estimate of drug-likeness (QED) is 0.118. The third kappa shape index (κ3) is 6.37. The summed E-state index contributed by atoms with van der Waals surface area (Å²) >= 11 is 0. The molecule has 1 aliphatic carbocycles. The van der Waals surface area contributed by atoms with Crippen molar-refractivity contribution in [1.82, 2.24) is 0 Å². The first-order valence-corrected chi connectivity index (χ1v) is 16.8. The second kappa shape index (κ2) is 12.6. The van der Waals surface area contributed by atoms with Crippen LogP contribution in [0.2, 0.25) is 0 Å². The van der Waals surface area contributed by atoms with Gasteiger partial charge in [0.25, 0.3) is 10.1 Å². The van der Waals surface area contributed by atoms with Crippen LogP contribution in [0.4, 0.5) is 0 Å². The van der Waals surface area contributed by atoms with Crippen LogP contribution in [0.3, 0.4) is 0 Å². The Bertz CT molecular complexity index is 2000. The highest BCUT2D eigenvalue weighted by molar-refractivity contribution is 7.88. The van der Waals surface area contributed by atoms with Gasteiger partial charge in [-0.1, -0.05) is 97.1 Å². The Balaban J connectivity index is 1.29. The van der Waals surface area contributed by atoms with Gasteiger partial charge in [0.15, 0.2) is 11.6 Å². The molecule has 0 amide bonds. The Morgan fingerprint density at radius 1 is 0.870 bits per heavy atom. The van der Waals surface area contributed by atoms with Crippen LogP contribution in [0, 0.1) is 0 Å². The third-order valence-electron chi connectivity index (χ3n) is 8.81. The van der Waals surface area contributed by atoms with Crippen LogP contribution in [0.25, 0.3) is 27.9 Å². The number of fused-ring (bicyclic) bond motifs is 1. The molecule has 6 rings (SSSR count). The van der Waals surface area contributed by atoms with Gasteiger partial charge in [-0.05, 0) is 73.4 Å². The van der Waals surface area contributed by atoms with E-state index in [0.29, 0.717) is 12.0 Å². The maximum atomic E-state index is 14.1. The molecular weight excluding hydrogens is 598 g/mol. The third-order valence-corrected chi connectivity index (χ3v) is 10.1. The maximum Gasteiger partial charge on any atom is 0.291 e. The van der Waals surface area contributed by atoms with Gasteiger partial charge in [-0.15, -0.1) is 0 Å².